The summed E-state index contributed by atoms with van der Waals surface area (Å²) in [6, 6.07) is 0. The highest BCUT2D eigenvalue weighted by Crippen LogP contribution is 2.25. The highest BCUT2D eigenvalue weighted by molar-refractivity contribution is 9.10. The molecule has 0 saturated heterocycles. The van der Waals surface area contributed by atoms with Gasteiger partial charge in [-0.1, -0.05) is 6.92 Å². The normalized spacial score (nSPS) is 12.2. The Labute approximate surface area is 122 Å². The number of hydrogen-bond donors (Lipinski definition) is 1. The molecule has 0 saturated carbocycles. The molecule has 108 valence electrons. The van der Waals surface area contributed by atoms with Crippen molar-refractivity contribution in [2.45, 2.75) is 53.2 Å². The largest absolute Gasteiger partial charge is 0.480 e. The lowest BCUT2D eigenvalue weighted by Gasteiger charge is -2.34. The number of likely N-dealkylation sites (N-methyl/N-ethyl adjacent to an activating group) is 1. The highest BCUT2D eigenvalue weighted by Gasteiger charge is 2.34. The maximum atomic E-state index is 11.4. The summed E-state index contributed by atoms with van der Waals surface area (Å²) in [5.74, 6) is -0.815. The molecule has 0 unspecified atom stereocenters. The van der Waals surface area contributed by atoms with E-state index >= 15 is 0 Å². The van der Waals surface area contributed by atoms with Crippen LogP contribution >= 0.6 is 15.9 Å². The number of aromatic nitrogens is 2. The van der Waals surface area contributed by atoms with Crippen molar-refractivity contribution in [3.05, 3.63) is 15.9 Å². The maximum absolute atomic E-state index is 11.4. The topological polar surface area (TPSA) is 58.4 Å². The monoisotopic (exact) mass is 331 g/mol. The fourth-order valence-corrected chi connectivity index (χ4v) is 2.45. The number of carboxylic acid groups (broad SMARTS) is 1. The van der Waals surface area contributed by atoms with Gasteiger partial charge in [-0.15, -0.1) is 0 Å². The predicted octanol–water partition coefficient (Wildman–Crippen LogP) is 2.66. The van der Waals surface area contributed by atoms with Gasteiger partial charge < -0.3 is 5.11 Å². The van der Waals surface area contributed by atoms with Gasteiger partial charge in [0.2, 0.25) is 0 Å². The molecule has 0 spiro atoms. The van der Waals surface area contributed by atoms with Crippen molar-refractivity contribution in [1.82, 2.24) is 14.7 Å². The van der Waals surface area contributed by atoms with Crippen LogP contribution in [-0.2, 0) is 17.9 Å². The molecule has 0 bridgehead atoms. The van der Waals surface area contributed by atoms with Gasteiger partial charge in [-0.25, -0.2) is 0 Å². The Morgan fingerprint density at radius 2 is 2.05 bits per heavy atom. The maximum Gasteiger partial charge on any atom is 0.323 e. The van der Waals surface area contributed by atoms with E-state index in [1.54, 1.807) is 13.8 Å². The van der Waals surface area contributed by atoms with Gasteiger partial charge >= 0.3 is 5.97 Å². The molecule has 0 aliphatic rings. The molecule has 0 aliphatic heterocycles. The summed E-state index contributed by atoms with van der Waals surface area (Å²) in [7, 11) is 0. The lowest BCUT2D eigenvalue weighted by molar-refractivity contribution is -0.149. The molecule has 0 fully saturated rings. The zero-order valence-electron chi connectivity index (χ0n) is 12.2. The Balaban J connectivity index is 3.09. The lowest BCUT2D eigenvalue weighted by atomic mass is 10.0. The first-order chi connectivity index (χ1) is 8.75. The first-order valence-corrected chi connectivity index (χ1v) is 7.25. The van der Waals surface area contributed by atoms with E-state index in [0.29, 0.717) is 13.1 Å². The van der Waals surface area contributed by atoms with Gasteiger partial charge in [-0.3, -0.25) is 14.4 Å². The predicted molar refractivity (Wildman–Crippen MR) is 78.1 cm³/mol. The van der Waals surface area contributed by atoms with Crippen molar-refractivity contribution in [3.8, 4) is 0 Å². The molecule has 1 N–H and O–H groups in total. The molecule has 0 aliphatic carbocycles. The number of nitrogens with zero attached hydrogens (tertiary/aromatic N) is 3. The summed E-state index contributed by atoms with van der Waals surface area (Å²) in [6.07, 6.45) is 0. The molecule has 1 rings (SSSR count). The van der Waals surface area contributed by atoms with E-state index in [1.165, 1.54) is 0 Å². The van der Waals surface area contributed by atoms with Crippen LogP contribution in [0, 0.1) is 6.92 Å². The molecule has 0 radical (unpaired) electrons. The van der Waals surface area contributed by atoms with Gasteiger partial charge in [0.15, 0.2) is 0 Å². The third kappa shape index (κ3) is 3.17. The van der Waals surface area contributed by atoms with Crippen LogP contribution in [0.3, 0.4) is 0 Å². The van der Waals surface area contributed by atoms with Crippen molar-refractivity contribution in [3.63, 3.8) is 0 Å². The highest BCUT2D eigenvalue weighted by atomic mass is 79.9. The second kappa shape index (κ2) is 6.05. The molecule has 19 heavy (non-hydrogen) atoms. The van der Waals surface area contributed by atoms with Gasteiger partial charge in [0, 0.05) is 13.1 Å². The van der Waals surface area contributed by atoms with E-state index in [4.69, 9.17) is 0 Å². The molecular weight excluding hydrogens is 310 g/mol. The molecule has 5 nitrogen and oxygen atoms in total. The van der Waals surface area contributed by atoms with Crippen molar-refractivity contribution in [2.24, 2.45) is 0 Å². The zero-order valence-corrected chi connectivity index (χ0v) is 13.8. The van der Waals surface area contributed by atoms with Gasteiger partial charge in [0.1, 0.15) is 5.54 Å². The number of hydrogen-bond acceptors (Lipinski definition) is 3. The number of rotatable bonds is 6. The summed E-state index contributed by atoms with van der Waals surface area (Å²) in [5.41, 5.74) is 1.06. The molecule has 1 heterocycles. The minimum absolute atomic E-state index is 0.561. The van der Waals surface area contributed by atoms with Crippen LogP contribution in [0.5, 0.6) is 0 Å². The Morgan fingerprint density at radius 1 is 1.47 bits per heavy atom. The van der Waals surface area contributed by atoms with Crippen molar-refractivity contribution in [2.75, 3.05) is 6.54 Å². The molecule has 0 aromatic carbocycles. The van der Waals surface area contributed by atoms with E-state index in [2.05, 4.69) is 21.0 Å². The van der Waals surface area contributed by atoms with Gasteiger partial charge in [-0.05, 0) is 50.2 Å². The summed E-state index contributed by atoms with van der Waals surface area (Å²) >= 11 is 3.55. The van der Waals surface area contributed by atoms with Crippen molar-refractivity contribution >= 4 is 21.9 Å². The Kier molecular flexibility index (Phi) is 5.15. The average molecular weight is 332 g/mol. The minimum Gasteiger partial charge on any atom is -0.480 e. The molecule has 1 aromatic rings. The molecule has 1 aromatic heterocycles. The van der Waals surface area contributed by atoms with E-state index in [1.807, 2.05) is 30.4 Å². The average Bonchev–Trinajstić information content (AvgIpc) is 2.62. The first-order valence-electron chi connectivity index (χ1n) is 6.45. The van der Waals surface area contributed by atoms with Gasteiger partial charge in [-0.2, -0.15) is 5.10 Å². The number of carbonyl (C=O) groups is 1. The number of aryl methyl sites for hydroxylation is 2. The lowest BCUT2D eigenvalue weighted by Crippen LogP contribution is -2.49. The smallest absolute Gasteiger partial charge is 0.323 e. The quantitative estimate of drug-likeness (QED) is 0.870. The standard InChI is InChI=1S/C13H22BrN3O2/c1-6-16(13(4,5)12(18)19)8-10-11(14)9(3)15-17(10)7-2/h6-8H2,1-5H3,(H,18,19). The second-order valence-electron chi connectivity index (χ2n) is 5.04. The molecule has 0 atom stereocenters. The fraction of sp³-hybridized carbons (Fsp3) is 0.692. The minimum atomic E-state index is -0.898. The van der Waals surface area contributed by atoms with E-state index in [0.717, 1.165) is 22.4 Å². The fourth-order valence-electron chi connectivity index (χ4n) is 2.04. The van der Waals surface area contributed by atoms with Gasteiger partial charge in [0.05, 0.1) is 15.9 Å². The summed E-state index contributed by atoms with van der Waals surface area (Å²) < 4.78 is 2.88. The van der Waals surface area contributed by atoms with Crippen LogP contribution in [0.1, 0.15) is 39.1 Å². The van der Waals surface area contributed by atoms with Crippen LogP contribution in [0.2, 0.25) is 0 Å². The van der Waals surface area contributed by atoms with Gasteiger partial charge in [0.25, 0.3) is 0 Å². The third-order valence-electron chi connectivity index (χ3n) is 3.49. The number of carboxylic acids is 1. The Bertz CT molecular complexity index is 469. The molecular formula is C13H22BrN3O2. The van der Waals surface area contributed by atoms with Crippen LogP contribution in [0.15, 0.2) is 4.47 Å². The van der Waals surface area contributed by atoms with E-state index in [-0.39, 0.29) is 0 Å². The van der Waals surface area contributed by atoms with Crippen LogP contribution in [-0.4, -0.2) is 37.8 Å². The summed E-state index contributed by atoms with van der Waals surface area (Å²) in [6.45, 7) is 11.4. The first kappa shape index (κ1) is 16.2. The van der Waals surface area contributed by atoms with Crippen LogP contribution in [0.25, 0.3) is 0 Å². The zero-order chi connectivity index (χ0) is 14.8. The van der Waals surface area contributed by atoms with Crippen LogP contribution in [0.4, 0.5) is 0 Å². The summed E-state index contributed by atoms with van der Waals surface area (Å²) in [5, 5.41) is 13.8. The van der Waals surface area contributed by atoms with E-state index < -0.39 is 11.5 Å². The molecule has 0 amide bonds. The number of aliphatic carboxylic acids is 1. The van der Waals surface area contributed by atoms with Crippen molar-refractivity contribution in [1.29, 1.82) is 0 Å². The van der Waals surface area contributed by atoms with E-state index in [9.17, 15) is 9.90 Å². The van der Waals surface area contributed by atoms with Crippen LogP contribution < -0.4 is 0 Å². The molecule has 6 heteroatoms. The summed E-state index contributed by atoms with van der Waals surface area (Å²) in [4.78, 5) is 13.3. The second-order valence-corrected chi connectivity index (χ2v) is 5.83. The SMILES string of the molecule is CCN(Cc1c(Br)c(C)nn1CC)C(C)(C)C(=O)O. The number of halogens is 1. The Hall–Kier alpha value is -0.880. The van der Waals surface area contributed by atoms with Crippen molar-refractivity contribution < 1.29 is 9.90 Å². The third-order valence-corrected chi connectivity index (χ3v) is 4.52. The Morgan fingerprint density at radius 3 is 2.47 bits per heavy atom.